The molecule has 0 aromatic carbocycles. The molecule has 1 aromatic heterocycles. The molecule has 0 saturated carbocycles. The Labute approximate surface area is 120 Å². The van der Waals surface area contributed by atoms with Gasteiger partial charge in [0.05, 0.1) is 24.0 Å². The first-order chi connectivity index (χ1) is 9.26. The van der Waals surface area contributed by atoms with Crippen molar-refractivity contribution in [3.63, 3.8) is 0 Å². The molecule has 6 nitrogen and oxygen atoms in total. The Morgan fingerprint density at radius 3 is 2.60 bits per heavy atom. The Kier molecular flexibility index (Phi) is 5.50. The van der Waals surface area contributed by atoms with E-state index in [1.807, 2.05) is 31.9 Å². The minimum atomic E-state index is -3.58. The van der Waals surface area contributed by atoms with Gasteiger partial charge in [0.1, 0.15) is 0 Å². The van der Waals surface area contributed by atoms with E-state index in [4.69, 9.17) is 4.18 Å². The van der Waals surface area contributed by atoms with Crippen LogP contribution in [0, 0.1) is 6.92 Å². The van der Waals surface area contributed by atoms with Gasteiger partial charge in [-0.15, -0.1) is 0 Å². The van der Waals surface area contributed by atoms with Crippen LogP contribution in [0.4, 0.5) is 5.69 Å². The van der Waals surface area contributed by atoms with Gasteiger partial charge in [0.15, 0.2) is 0 Å². The number of hydrogen-bond donors (Lipinski definition) is 0. The van der Waals surface area contributed by atoms with Gasteiger partial charge in [0.25, 0.3) is 0 Å². The maximum Gasteiger partial charge on any atom is 0.307 e. The molecule has 1 aromatic rings. The van der Waals surface area contributed by atoms with E-state index >= 15 is 0 Å². The third-order valence-electron chi connectivity index (χ3n) is 2.73. The molecule has 0 aliphatic heterocycles. The average Bonchev–Trinajstić information content (AvgIpc) is 2.35. The van der Waals surface area contributed by atoms with E-state index in [0.29, 0.717) is 23.4 Å². The van der Waals surface area contributed by atoms with E-state index in [0.717, 1.165) is 12.8 Å². The molecule has 1 heterocycles. The predicted molar refractivity (Wildman–Crippen MR) is 80.3 cm³/mol. The molecule has 0 saturated heterocycles. The van der Waals surface area contributed by atoms with Crippen LogP contribution in [0.2, 0.25) is 0 Å². The summed E-state index contributed by atoms with van der Waals surface area (Å²) in [6.07, 6.45) is 3.34. The molecule has 7 heteroatoms. The highest BCUT2D eigenvalue weighted by atomic mass is 32.2. The van der Waals surface area contributed by atoms with Crippen molar-refractivity contribution in [3.8, 4) is 5.88 Å². The largest absolute Gasteiger partial charge is 0.366 e. The molecular weight excluding hydrogens is 278 g/mol. The van der Waals surface area contributed by atoms with Gasteiger partial charge in [-0.25, -0.2) is 9.98 Å². The van der Waals surface area contributed by atoms with Crippen molar-refractivity contribution < 1.29 is 12.6 Å². The van der Waals surface area contributed by atoms with Crippen molar-refractivity contribution in [3.05, 3.63) is 17.3 Å². The summed E-state index contributed by atoms with van der Waals surface area (Å²) in [4.78, 5) is 10.5. The topological polar surface area (TPSA) is 71.9 Å². The SMILES string of the molecule is CCc1cc(N=CN(C)CC)c(C)nc1OS(C)(=O)=O. The van der Waals surface area contributed by atoms with Gasteiger partial charge in [-0.1, -0.05) is 6.92 Å². The van der Waals surface area contributed by atoms with E-state index in [9.17, 15) is 8.42 Å². The molecule has 0 spiro atoms. The second-order valence-corrected chi connectivity index (χ2v) is 6.09. The van der Waals surface area contributed by atoms with Crippen LogP contribution in [0.1, 0.15) is 25.1 Å². The van der Waals surface area contributed by atoms with Gasteiger partial charge in [0.2, 0.25) is 5.88 Å². The zero-order valence-corrected chi connectivity index (χ0v) is 13.4. The Morgan fingerprint density at radius 1 is 1.45 bits per heavy atom. The van der Waals surface area contributed by atoms with Gasteiger partial charge >= 0.3 is 10.1 Å². The third kappa shape index (κ3) is 4.80. The molecule has 20 heavy (non-hydrogen) atoms. The quantitative estimate of drug-likeness (QED) is 0.456. The third-order valence-corrected chi connectivity index (χ3v) is 3.19. The van der Waals surface area contributed by atoms with Gasteiger partial charge in [-0.2, -0.15) is 8.42 Å². The van der Waals surface area contributed by atoms with Gasteiger partial charge in [-0.3, -0.25) is 0 Å². The van der Waals surface area contributed by atoms with Crippen molar-refractivity contribution >= 4 is 22.1 Å². The van der Waals surface area contributed by atoms with Gasteiger partial charge in [-0.05, 0) is 26.3 Å². The molecule has 0 radical (unpaired) electrons. The Hall–Kier alpha value is -1.63. The fourth-order valence-corrected chi connectivity index (χ4v) is 1.89. The lowest BCUT2D eigenvalue weighted by Gasteiger charge is -2.11. The minimum Gasteiger partial charge on any atom is -0.366 e. The molecule has 1 rings (SSSR count). The van der Waals surface area contributed by atoms with Crippen LogP contribution in [0.15, 0.2) is 11.1 Å². The maximum absolute atomic E-state index is 11.2. The number of pyridine rings is 1. The summed E-state index contributed by atoms with van der Waals surface area (Å²) in [6.45, 7) is 6.56. The predicted octanol–water partition coefficient (Wildman–Crippen LogP) is 1.90. The maximum atomic E-state index is 11.2. The number of aryl methyl sites for hydroxylation is 2. The fourth-order valence-electron chi connectivity index (χ4n) is 1.45. The van der Waals surface area contributed by atoms with E-state index in [-0.39, 0.29) is 5.88 Å². The average molecular weight is 299 g/mol. The minimum absolute atomic E-state index is 0.135. The first-order valence-electron chi connectivity index (χ1n) is 6.41. The number of rotatable bonds is 6. The number of aliphatic imine (C=N–C) groups is 1. The molecule has 0 aliphatic rings. The Morgan fingerprint density at radius 2 is 2.10 bits per heavy atom. The van der Waals surface area contributed by atoms with Crippen molar-refractivity contribution in [2.75, 3.05) is 19.8 Å². The van der Waals surface area contributed by atoms with Crippen LogP contribution in [-0.2, 0) is 16.5 Å². The van der Waals surface area contributed by atoms with E-state index in [2.05, 4.69) is 9.98 Å². The molecule has 0 aliphatic carbocycles. The van der Waals surface area contributed by atoms with Crippen LogP contribution in [0.3, 0.4) is 0 Å². The molecule has 0 N–H and O–H groups in total. The van der Waals surface area contributed by atoms with Crippen molar-refractivity contribution in [2.24, 2.45) is 4.99 Å². The molecule has 112 valence electrons. The number of aromatic nitrogens is 1. The second-order valence-electron chi connectivity index (χ2n) is 4.52. The highest BCUT2D eigenvalue weighted by molar-refractivity contribution is 7.86. The van der Waals surface area contributed by atoms with Crippen molar-refractivity contribution in [2.45, 2.75) is 27.2 Å². The van der Waals surface area contributed by atoms with Gasteiger partial charge in [0, 0.05) is 19.2 Å². The lowest BCUT2D eigenvalue weighted by Crippen LogP contribution is -2.14. The standard InChI is InChI=1S/C13H21N3O3S/c1-6-11-8-12(14-9-16(4)7-2)10(3)15-13(11)19-20(5,17)18/h8-9H,6-7H2,1-5H3. The van der Waals surface area contributed by atoms with Crippen molar-refractivity contribution in [1.29, 1.82) is 0 Å². The first kappa shape index (κ1) is 16.4. The Balaban J connectivity index is 3.16. The summed E-state index contributed by atoms with van der Waals surface area (Å²) < 4.78 is 27.3. The molecule has 0 fully saturated rings. The van der Waals surface area contributed by atoms with Crippen molar-refractivity contribution in [1.82, 2.24) is 9.88 Å². The monoisotopic (exact) mass is 299 g/mol. The zero-order valence-electron chi connectivity index (χ0n) is 12.5. The lowest BCUT2D eigenvalue weighted by molar-refractivity contribution is 0.478. The summed E-state index contributed by atoms with van der Waals surface area (Å²) in [7, 11) is -1.65. The summed E-state index contributed by atoms with van der Waals surface area (Å²) in [6, 6.07) is 1.81. The lowest BCUT2D eigenvalue weighted by atomic mass is 10.2. The smallest absolute Gasteiger partial charge is 0.307 e. The molecular formula is C13H21N3O3S. The highest BCUT2D eigenvalue weighted by Gasteiger charge is 2.13. The molecule has 0 bridgehead atoms. The number of nitrogens with zero attached hydrogens (tertiary/aromatic N) is 3. The molecule has 0 amide bonds. The normalized spacial score (nSPS) is 11.8. The molecule has 0 atom stereocenters. The summed E-state index contributed by atoms with van der Waals surface area (Å²) in [5, 5.41) is 0. The van der Waals surface area contributed by atoms with E-state index in [1.54, 1.807) is 13.3 Å². The summed E-state index contributed by atoms with van der Waals surface area (Å²) in [5.41, 5.74) is 2.05. The fraction of sp³-hybridized carbons (Fsp3) is 0.538. The summed E-state index contributed by atoms with van der Waals surface area (Å²) in [5.74, 6) is 0.135. The number of hydrogen-bond acceptors (Lipinski definition) is 5. The second kappa shape index (κ2) is 6.69. The molecule has 0 unspecified atom stereocenters. The van der Waals surface area contributed by atoms with Crippen LogP contribution in [-0.4, -0.2) is 44.5 Å². The van der Waals surface area contributed by atoms with E-state index < -0.39 is 10.1 Å². The van der Waals surface area contributed by atoms with Crippen LogP contribution >= 0.6 is 0 Å². The van der Waals surface area contributed by atoms with Crippen LogP contribution < -0.4 is 4.18 Å². The van der Waals surface area contributed by atoms with Gasteiger partial charge < -0.3 is 9.08 Å². The van der Waals surface area contributed by atoms with E-state index in [1.165, 1.54) is 0 Å². The van der Waals surface area contributed by atoms with Crippen LogP contribution in [0.25, 0.3) is 0 Å². The summed E-state index contributed by atoms with van der Waals surface area (Å²) >= 11 is 0. The van der Waals surface area contributed by atoms with Crippen LogP contribution in [0.5, 0.6) is 5.88 Å². The highest BCUT2D eigenvalue weighted by Crippen LogP contribution is 2.26. The first-order valence-corrected chi connectivity index (χ1v) is 8.22. The zero-order chi connectivity index (χ0) is 15.3. The Bertz CT molecular complexity index is 597.